The number of carbonyl (C=O) groups is 1. The molecule has 7 nitrogen and oxygen atoms in total. The topological polar surface area (TPSA) is 69.2 Å². The highest BCUT2D eigenvalue weighted by Gasteiger charge is 2.25. The van der Waals surface area contributed by atoms with E-state index < -0.39 is 0 Å². The predicted octanol–water partition coefficient (Wildman–Crippen LogP) is 2.17. The third-order valence-corrected chi connectivity index (χ3v) is 4.50. The number of ether oxygens (including phenoxy) is 1. The van der Waals surface area contributed by atoms with Crippen molar-refractivity contribution in [2.75, 3.05) is 52.3 Å². The number of amides is 1. The van der Waals surface area contributed by atoms with Crippen molar-refractivity contribution in [2.24, 2.45) is 10.9 Å². The summed E-state index contributed by atoms with van der Waals surface area (Å²) in [5.41, 5.74) is 1.11. The van der Waals surface area contributed by atoms with Crippen LogP contribution in [-0.4, -0.2) is 70.2 Å². The molecule has 8 heteroatoms. The molecule has 1 amide bonds. The number of hydrogen-bond donors (Lipinski definition) is 2. The maximum atomic E-state index is 11.9. The Kier molecular flexibility index (Phi) is 10.4. The first-order valence-electron chi connectivity index (χ1n) is 9.53. The van der Waals surface area contributed by atoms with E-state index in [-0.39, 0.29) is 42.5 Å². The first-order valence-corrected chi connectivity index (χ1v) is 9.53. The Labute approximate surface area is 185 Å². The van der Waals surface area contributed by atoms with Crippen LogP contribution in [0.25, 0.3) is 0 Å². The van der Waals surface area contributed by atoms with Crippen molar-refractivity contribution in [3.05, 3.63) is 24.3 Å². The molecule has 158 valence electrons. The van der Waals surface area contributed by atoms with Gasteiger partial charge in [0.05, 0.1) is 12.8 Å². The van der Waals surface area contributed by atoms with Crippen molar-refractivity contribution in [1.29, 1.82) is 0 Å². The van der Waals surface area contributed by atoms with Crippen LogP contribution in [0.3, 0.4) is 0 Å². The van der Waals surface area contributed by atoms with Crippen LogP contribution in [0.1, 0.15) is 20.3 Å². The quantitative estimate of drug-likeness (QED) is 0.339. The van der Waals surface area contributed by atoms with E-state index in [4.69, 9.17) is 4.74 Å². The standard InChI is InChI=1S/C20H33N5O2.HI/c1-15(2)12-21-20(22-13-19(26)24(3)4)23-16-10-11-25(14-16)17-8-6-7-9-18(17)27-5;/h6-9,15-16H,10-14H2,1-5H3,(H2,21,22,23);1H. The average molecular weight is 503 g/mol. The number of rotatable bonds is 7. The Morgan fingerprint density at radius 3 is 2.71 bits per heavy atom. The van der Waals surface area contributed by atoms with E-state index in [1.165, 1.54) is 0 Å². The molecule has 2 rings (SSSR count). The molecule has 1 saturated heterocycles. The van der Waals surface area contributed by atoms with Gasteiger partial charge in [-0.05, 0) is 24.5 Å². The van der Waals surface area contributed by atoms with Gasteiger partial charge >= 0.3 is 0 Å². The van der Waals surface area contributed by atoms with E-state index in [1.54, 1.807) is 26.1 Å². The third-order valence-electron chi connectivity index (χ3n) is 4.50. The zero-order valence-corrected chi connectivity index (χ0v) is 19.9. The van der Waals surface area contributed by atoms with E-state index in [0.29, 0.717) is 11.9 Å². The summed E-state index contributed by atoms with van der Waals surface area (Å²) < 4.78 is 5.49. The number of halogens is 1. The Morgan fingerprint density at radius 1 is 1.36 bits per heavy atom. The van der Waals surface area contributed by atoms with Crippen LogP contribution in [0.4, 0.5) is 5.69 Å². The van der Waals surface area contributed by atoms with Crippen molar-refractivity contribution >= 4 is 41.5 Å². The molecule has 1 heterocycles. The molecule has 1 aromatic rings. The summed E-state index contributed by atoms with van der Waals surface area (Å²) in [6.45, 7) is 7.06. The Hall–Kier alpha value is -1.71. The summed E-state index contributed by atoms with van der Waals surface area (Å²) in [5, 5.41) is 6.83. The summed E-state index contributed by atoms with van der Waals surface area (Å²) in [6, 6.07) is 8.35. The molecule has 1 atom stereocenters. The highest BCUT2D eigenvalue weighted by Crippen LogP contribution is 2.30. The summed E-state index contributed by atoms with van der Waals surface area (Å²) in [4.78, 5) is 20.2. The minimum Gasteiger partial charge on any atom is -0.495 e. The average Bonchev–Trinajstić information content (AvgIpc) is 3.11. The molecular weight excluding hydrogens is 469 g/mol. The van der Waals surface area contributed by atoms with E-state index in [1.807, 2.05) is 18.2 Å². The number of nitrogens with zero attached hydrogens (tertiary/aromatic N) is 3. The minimum atomic E-state index is -0.0114. The van der Waals surface area contributed by atoms with E-state index in [9.17, 15) is 4.79 Å². The van der Waals surface area contributed by atoms with Gasteiger partial charge in [0, 0.05) is 39.8 Å². The van der Waals surface area contributed by atoms with E-state index >= 15 is 0 Å². The molecule has 2 N–H and O–H groups in total. The molecule has 0 aromatic heterocycles. The fourth-order valence-electron chi connectivity index (χ4n) is 2.92. The molecule has 0 bridgehead atoms. The number of nitrogens with one attached hydrogen (secondary N) is 2. The van der Waals surface area contributed by atoms with Gasteiger partial charge in [-0.2, -0.15) is 0 Å². The fourth-order valence-corrected chi connectivity index (χ4v) is 2.92. The van der Waals surface area contributed by atoms with E-state index in [2.05, 4.69) is 40.4 Å². The summed E-state index contributed by atoms with van der Waals surface area (Å²) in [7, 11) is 5.19. The summed E-state index contributed by atoms with van der Waals surface area (Å²) in [5.74, 6) is 2.07. The van der Waals surface area contributed by atoms with Gasteiger partial charge in [0.25, 0.3) is 0 Å². The number of anilines is 1. The van der Waals surface area contributed by atoms with Crippen molar-refractivity contribution < 1.29 is 9.53 Å². The number of benzene rings is 1. The first kappa shape index (κ1) is 24.3. The second kappa shape index (κ2) is 12.0. The molecule has 1 fully saturated rings. The van der Waals surface area contributed by atoms with Crippen molar-refractivity contribution in [3.63, 3.8) is 0 Å². The van der Waals surface area contributed by atoms with Gasteiger partial charge in [0.2, 0.25) is 5.91 Å². The Morgan fingerprint density at radius 2 is 2.07 bits per heavy atom. The molecule has 0 aliphatic carbocycles. The number of aliphatic imine (C=N–C) groups is 1. The lowest BCUT2D eigenvalue weighted by Gasteiger charge is -2.22. The third kappa shape index (κ3) is 7.37. The lowest BCUT2D eigenvalue weighted by atomic mass is 10.2. The minimum absolute atomic E-state index is 0. The second-order valence-corrected chi connectivity index (χ2v) is 7.48. The number of hydrogen-bond acceptors (Lipinski definition) is 4. The van der Waals surface area contributed by atoms with Gasteiger partial charge in [0.1, 0.15) is 12.3 Å². The molecule has 1 aliphatic heterocycles. The zero-order chi connectivity index (χ0) is 19.8. The van der Waals surface area contributed by atoms with Gasteiger partial charge < -0.3 is 25.2 Å². The van der Waals surface area contributed by atoms with Crippen LogP contribution < -0.4 is 20.3 Å². The molecule has 0 saturated carbocycles. The highest BCUT2D eigenvalue weighted by molar-refractivity contribution is 14.0. The monoisotopic (exact) mass is 503 g/mol. The van der Waals surface area contributed by atoms with Crippen molar-refractivity contribution in [3.8, 4) is 5.75 Å². The Bertz CT molecular complexity index is 651. The summed E-state index contributed by atoms with van der Waals surface area (Å²) >= 11 is 0. The van der Waals surface area contributed by atoms with Crippen LogP contribution in [0.5, 0.6) is 5.75 Å². The molecule has 28 heavy (non-hydrogen) atoms. The smallest absolute Gasteiger partial charge is 0.243 e. The van der Waals surface area contributed by atoms with Crippen molar-refractivity contribution in [2.45, 2.75) is 26.3 Å². The molecule has 1 aliphatic rings. The lowest BCUT2D eigenvalue weighted by molar-refractivity contribution is -0.127. The molecule has 0 radical (unpaired) electrons. The zero-order valence-electron chi connectivity index (χ0n) is 17.6. The SMILES string of the molecule is COc1ccccc1N1CCC(NC(=NCC(=O)N(C)C)NCC(C)C)C1.I. The maximum absolute atomic E-state index is 11.9. The van der Waals surface area contributed by atoms with Gasteiger partial charge in [0.15, 0.2) is 5.96 Å². The number of methoxy groups -OCH3 is 1. The fraction of sp³-hybridized carbons (Fsp3) is 0.600. The molecule has 0 spiro atoms. The normalized spacial score (nSPS) is 16.6. The largest absolute Gasteiger partial charge is 0.495 e. The van der Waals surface area contributed by atoms with Gasteiger partial charge in [-0.15, -0.1) is 24.0 Å². The maximum Gasteiger partial charge on any atom is 0.243 e. The number of likely N-dealkylation sites (N-methyl/N-ethyl adjacent to an activating group) is 1. The second-order valence-electron chi connectivity index (χ2n) is 7.48. The highest BCUT2D eigenvalue weighted by atomic mass is 127. The van der Waals surface area contributed by atoms with Crippen LogP contribution in [0.2, 0.25) is 0 Å². The summed E-state index contributed by atoms with van der Waals surface area (Å²) in [6.07, 6.45) is 1.00. The van der Waals surface area contributed by atoms with Crippen LogP contribution in [-0.2, 0) is 4.79 Å². The van der Waals surface area contributed by atoms with Gasteiger partial charge in [-0.25, -0.2) is 4.99 Å². The molecular formula is C20H34IN5O2. The predicted molar refractivity (Wildman–Crippen MR) is 126 cm³/mol. The number of carbonyl (C=O) groups excluding carboxylic acids is 1. The number of para-hydroxylation sites is 2. The molecule has 1 aromatic carbocycles. The van der Waals surface area contributed by atoms with Gasteiger partial charge in [-0.1, -0.05) is 26.0 Å². The van der Waals surface area contributed by atoms with Crippen LogP contribution >= 0.6 is 24.0 Å². The molecule has 1 unspecified atom stereocenters. The number of guanidine groups is 1. The first-order chi connectivity index (χ1) is 12.9. The van der Waals surface area contributed by atoms with Crippen molar-refractivity contribution in [1.82, 2.24) is 15.5 Å². The lowest BCUT2D eigenvalue weighted by Crippen LogP contribution is -2.46. The van der Waals surface area contributed by atoms with Crippen LogP contribution in [0, 0.1) is 5.92 Å². The Balaban J connectivity index is 0.00000392. The van der Waals surface area contributed by atoms with Gasteiger partial charge in [-0.3, -0.25) is 4.79 Å². The van der Waals surface area contributed by atoms with E-state index in [0.717, 1.165) is 37.5 Å². The van der Waals surface area contributed by atoms with Crippen LogP contribution in [0.15, 0.2) is 29.3 Å².